The van der Waals surface area contributed by atoms with Gasteiger partial charge in [0.25, 0.3) is 0 Å². The van der Waals surface area contributed by atoms with Gasteiger partial charge in [-0.1, -0.05) is 46.3 Å². The molecule has 2 aromatic carbocycles. The highest BCUT2D eigenvalue weighted by Gasteiger charge is 2.41. The third kappa shape index (κ3) is 1.79. The van der Waals surface area contributed by atoms with Crippen molar-refractivity contribution in [2.24, 2.45) is 0 Å². The fourth-order valence-corrected chi connectivity index (χ4v) is 3.16. The predicted molar refractivity (Wildman–Crippen MR) is 78.5 cm³/mol. The first-order valence-electron chi connectivity index (χ1n) is 6.15. The Bertz CT molecular complexity index is 686. The van der Waals surface area contributed by atoms with Crippen molar-refractivity contribution in [3.05, 3.63) is 63.6 Å². The Balaban J connectivity index is 2.19. The van der Waals surface area contributed by atoms with Crippen LogP contribution in [0.25, 0.3) is 0 Å². The van der Waals surface area contributed by atoms with Crippen molar-refractivity contribution in [2.45, 2.75) is 5.92 Å². The van der Waals surface area contributed by atoms with Crippen LogP contribution < -0.4 is 4.74 Å². The van der Waals surface area contributed by atoms with Crippen molar-refractivity contribution in [3.63, 3.8) is 0 Å². The summed E-state index contributed by atoms with van der Waals surface area (Å²) in [6.45, 7) is 0. The number of fused-ring (bicyclic) bond motifs is 1. The molecule has 1 aliphatic rings. The van der Waals surface area contributed by atoms with E-state index in [-0.39, 0.29) is 11.6 Å². The number of carbonyl (C=O) groups is 2. The standard InChI is InChI=1S/C16H11BrO3/c1-20-12-8-4-7-11(17)13(12)14-15(18)9-5-2-3-6-10(9)16(14)19/h2-8,14H,1H3. The zero-order chi connectivity index (χ0) is 14.3. The first-order valence-corrected chi connectivity index (χ1v) is 6.94. The van der Waals surface area contributed by atoms with Crippen LogP contribution in [0.15, 0.2) is 46.9 Å². The van der Waals surface area contributed by atoms with Crippen LogP contribution in [0, 0.1) is 0 Å². The van der Waals surface area contributed by atoms with Gasteiger partial charge in [0.1, 0.15) is 11.7 Å². The lowest BCUT2D eigenvalue weighted by Crippen LogP contribution is -2.14. The maximum absolute atomic E-state index is 12.5. The van der Waals surface area contributed by atoms with Crippen molar-refractivity contribution in [2.75, 3.05) is 7.11 Å². The second-order valence-electron chi connectivity index (χ2n) is 4.56. The highest BCUT2D eigenvalue weighted by atomic mass is 79.9. The van der Waals surface area contributed by atoms with E-state index in [1.54, 1.807) is 36.4 Å². The molecule has 4 heteroatoms. The lowest BCUT2D eigenvalue weighted by atomic mass is 9.93. The molecule has 3 rings (SSSR count). The molecule has 100 valence electrons. The van der Waals surface area contributed by atoms with Crippen LogP contribution in [0.3, 0.4) is 0 Å². The number of carbonyl (C=O) groups excluding carboxylic acids is 2. The van der Waals surface area contributed by atoms with E-state index in [1.807, 2.05) is 6.07 Å². The summed E-state index contributed by atoms with van der Waals surface area (Å²) >= 11 is 3.41. The molecule has 0 heterocycles. The zero-order valence-corrected chi connectivity index (χ0v) is 12.3. The van der Waals surface area contributed by atoms with Gasteiger partial charge in [0.15, 0.2) is 11.6 Å². The normalized spacial score (nSPS) is 14.5. The molecule has 0 saturated heterocycles. The van der Waals surface area contributed by atoms with Gasteiger partial charge < -0.3 is 4.74 Å². The van der Waals surface area contributed by atoms with E-state index in [0.29, 0.717) is 26.9 Å². The third-order valence-electron chi connectivity index (χ3n) is 3.50. The molecule has 2 aromatic rings. The lowest BCUT2D eigenvalue weighted by Gasteiger charge is -2.14. The SMILES string of the molecule is COc1cccc(Br)c1C1C(=O)c2ccccc2C1=O. The summed E-state index contributed by atoms with van der Waals surface area (Å²) in [6, 6.07) is 12.3. The number of ketones is 2. The van der Waals surface area contributed by atoms with Crippen LogP contribution in [-0.2, 0) is 0 Å². The highest BCUT2D eigenvalue weighted by Crippen LogP contribution is 2.41. The van der Waals surface area contributed by atoms with Crippen LogP contribution in [0.2, 0.25) is 0 Å². The van der Waals surface area contributed by atoms with Gasteiger partial charge in [-0.3, -0.25) is 9.59 Å². The minimum Gasteiger partial charge on any atom is -0.496 e. The largest absolute Gasteiger partial charge is 0.496 e. The number of benzene rings is 2. The number of halogens is 1. The predicted octanol–water partition coefficient (Wildman–Crippen LogP) is 3.62. The molecule has 3 nitrogen and oxygen atoms in total. The molecular formula is C16H11BrO3. The highest BCUT2D eigenvalue weighted by molar-refractivity contribution is 9.10. The van der Waals surface area contributed by atoms with Crippen molar-refractivity contribution in [1.29, 1.82) is 0 Å². The van der Waals surface area contributed by atoms with E-state index in [0.717, 1.165) is 0 Å². The van der Waals surface area contributed by atoms with Gasteiger partial charge in [-0.15, -0.1) is 0 Å². The molecule has 0 saturated carbocycles. The zero-order valence-electron chi connectivity index (χ0n) is 10.7. The summed E-state index contributed by atoms with van der Waals surface area (Å²) in [5.41, 5.74) is 1.57. The maximum atomic E-state index is 12.5. The summed E-state index contributed by atoms with van der Waals surface area (Å²) in [4.78, 5) is 25.1. The molecular weight excluding hydrogens is 320 g/mol. The minimum absolute atomic E-state index is 0.171. The minimum atomic E-state index is -0.821. The molecule has 0 unspecified atom stereocenters. The van der Waals surface area contributed by atoms with E-state index >= 15 is 0 Å². The molecule has 0 aromatic heterocycles. The second kappa shape index (κ2) is 4.87. The van der Waals surface area contributed by atoms with Crippen LogP contribution in [0.1, 0.15) is 32.2 Å². The summed E-state index contributed by atoms with van der Waals surface area (Å²) < 4.78 is 6.00. The summed E-state index contributed by atoms with van der Waals surface area (Å²) in [5.74, 6) is -0.622. The molecule has 0 bridgehead atoms. The Labute approximate surface area is 124 Å². The molecule has 0 N–H and O–H groups in total. The Morgan fingerprint density at radius 1 is 0.950 bits per heavy atom. The Kier molecular flexibility index (Phi) is 3.18. The number of hydrogen-bond acceptors (Lipinski definition) is 3. The Morgan fingerprint density at radius 3 is 2.10 bits per heavy atom. The quantitative estimate of drug-likeness (QED) is 0.790. The van der Waals surface area contributed by atoms with Gasteiger partial charge in [-0.25, -0.2) is 0 Å². The molecule has 0 fully saturated rings. The van der Waals surface area contributed by atoms with Gasteiger partial charge in [-0.2, -0.15) is 0 Å². The molecule has 20 heavy (non-hydrogen) atoms. The van der Waals surface area contributed by atoms with Crippen molar-refractivity contribution >= 4 is 27.5 Å². The van der Waals surface area contributed by atoms with Crippen LogP contribution in [-0.4, -0.2) is 18.7 Å². The summed E-state index contributed by atoms with van der Waals surface area (Å²) in [6.07, 6.45) is 0. The third-order valence-corrected chi connectivity index (χ3v) is 4.20. The number of hydrogen-bond donors (Lipinski definition) is 0. The van der Waals surface area contributed by atoms with E-state index in [9.17, 15) is 9.59 Å². The van der Waals surface area contributed by atoms with Gasteiger partial charge in [0.05, 0.1) is 7.11 Å². The first kappa shape index (κ1) is 13.1. The number of ether oxygens (including phenoxy) is 1. The van der Waals surface area contributed by atoms with Crippen LogP contribution >= 0.6 is 15.9 Å². The first-order chi connectivity index (χ1) is 9.65. The van der Waals surface area contributed by atoms with E-state index < -0.39 is 5.92 Å². The Hall–Kier alpha value is -1.94. The van der Waals surface area contributed by atoms with E-state index in [1.165, 1.54) is 7.11 Å². The van der Waals surface area contributed by atoms with E-state index in [4.69, 9.17) is 4.74 Å². The monoisotopic (exact) mass is 330 g/mol. The molecule has 0 atom stereocenters. The summed E-state index contributed by atoms with van der Waals surface area (Å²) in [7, 11) is 1.53. The smallest absolute Gasteiger partial charge is 0.179 e. The fraction of sp³-hybridized carbons (Fsp3) is 0.125. The molecule has 0 amide bonds. The Morgan fingerprint density at radius 2 is 1.55 bits per heavy atom. The molecule has 0 radical (unpaired) electrons. The number of methoxy groups -OCH3 is 1. The van der Waals surface area contributed by atoms with Gasteiger partial charge in [0.2, 0.25) is 0 Å². The van der Waals surface area contributed by atoms with E-state index in [2.05, 4.69) is 15.9 Å². The van der Waals surface area contributed by atoms with Gasteiger partial charge in [-0.05, 0) is 12.1 Å². The molecule has 0 aliphatic heterocycles. The molecule has 0 spiro atoms. The van der Waals surface area contributed by atoms with Gasteiger partial charge in [0, 0.05) is 21.2 Å². The van der Waals surface area contributed by atoms with Gasteiger partial charge >= 0.3 is 0 Å². The fourth-order valence-electron chi connectivity index (χ4n) is 2.58. The van der Waals surface area contributed by atoms with Crippen molar-refractivity contribution < 1.29 is 14.3 Å². The summed E-state index contributed by atoms with van der Waals surface area (Å²) in [5, 5.41) is 0. The maximum Gasteiger partial charge on any atom is 0.179 e. The van der Waals surface area contributed by atoms with Crippen molar-refractivity contribution in [1.82, 2.24) is 0 Å². The number of Topliss-reactive ketones (excluding diaryl/α,β-unsaturated/α-hetero) is 2. The number of rotatable bonds is 2. The lowest BCUT2D eigenvalue weighted by molar-refractivity contribution is 0.0888. The molecule has 1 aliphatic carbocycles. The second-order valence-corrected chi connectivity index (χ2v) is 5.42. The average molecular weight is 331 g/mol. The topological polar surface area (TPSA) is 43.4 Å². The van der Waals surface area contributed by atoms with Crippen LogP contribution in [0.5, 0.6) is 5.75 Å². The average Bonchev–Trinajstić information content (AvgIpc) is 2.72. The van der Waals surface area contributed by atoms with Crippen LogP contribution in [0.4, 0.5) is 0 Å². The van der Waals surface area contributed by atoms with Crippen molar-refractivity contribution in [3.8, 4) is 5.75 Å².